The van der Waals surface area contributed by atoms with Gasteiger partial charge >= 0.3 is 5.97 Å². The number of fused-ring (bicyclic) bond motifs is 3. The van der Waals surface area contributed by atoms with E-state index >= 15 is 0 Å². The van der Waals surface area contributed by atoms with E-state index in [2.05, 4.69) is 33.6 Å². The van der Waals surface area contributed by atoms with Crippen LogP contribution in [0.5, 0.6) is 0 Å². The van der Waals surface area contributed by atoms with Crippen LogP contribution in [0.2, 0.25) is 0 Å². The lowest BCUT2D eigenvalue weighted by atomic mass is 9.93. The molecule has 4 rings (SSSR count). The summed E-state index contributed by atoms with van der Waals surface area (Å²) in [7, 11) is 0. The SMILES string of the molecule is CC1C(c2ccc3c(c2)sc2c(N)ncnc23)CNN1CC(=O)O. The lowest BCUT2D eigenvalue weighted by Gasteiger charge is -2.22. The fraction of sp³-hybridized carbons (Fsp3) is 0.312. The molecule has 0 saturated carbocycles. The maximum absolute atomic E-state index is 10.9. The van der Waals surface area contributed by atoms with Crippen LogP contribution in [0.25, 0.3) is 20.3 Å². The van der Waals surface area contributed by atoms with Gasteiger partial charge in [0.2, 0.25) is 0 Å². The van der Waals surface area contributed by atoms with E-state index in [1.165, 1.54) is 11.9 Å². The molecule has 2 atom stereocenters. The highest BCUT2D eigenvalue weighted by Gasteiger charge is 2.32. The number of aliphatic carboxylic acids is 1. The Morgan fingerprint density at radius 1 is 1.50 bits per heavy atom. The van der Waals surface area contributed by atoms with E-state index in [4.69, 9.17) is 10.8 Å². The third kappa shape index (κ3) is 2.39. The van der Waals surface area contributed by atoms with Crippen molar-refractivity contribution in [3.8, 4) is 0 Å². The number of nitrogens with one attached hydrogen (secondary N) is 1. The molecule has 0 aliphatic carbocycles. The molecule has 1 aliphatic rings. The van der Waals surface area contributed by atoms with Crippen molar-refractivity contribution in [2.24, 2.45) is 0 Å². The van der Waals surface area contributed by atoms with E-state index in [1.54, 1.807) is 16.3 Å². The van der Waals surface area contributed by atoms with Crippen molar-refractivity contribution in [1.29, 1.82) is 0 Å². The van der Waals surface area contributed by atoms with E-state index in [-0.39, 0.29) is 18.5 Å². The number of rotatable bonds is 3. The van der Waals surface area contributed by atoms with Gasteiger partial charge in [0.25, 0.3) is 0 Å². The summed E-state index contributed by atoms with van der Waals surface area (Å²) < 4.78 is 2.04. The van der Waals surface area contributed by atoms with Crippen LogP contribution in [0.15, 0.2) is 24.5 Å². The number of nitrogens with two attached hydrogens (primary N) is 1. The number of hydrogen-bond acceptors (Lipinski definition) is 7. The Morgan fingerprint density at radius 3 is 3.12 bits per heavy atom. The van der Waals surface area contributed by atoms with Crippen molar-refractivity contribution in [2.75, 3.05) is 18.8 Å². The van der Waals surface area contributed by atoms with Gasteiger partial charge in [-0.1, -0.05) is 12.1 Å². The Bertz CT molecular complexity index is 941. The van der Waals surface area contributed by atoms with E-state index in [0.717, 1.165) is 26.8 Å². The summed E-state index contributed by atoms with van der Waals surface area (Å²) in [5.41, 5.74) is 11.2. The van der Waals surface area contributed by atoms with Crippen LogP contribution in [0.4, 0.5) is 5.82 Å². The van der Waals surface area contributed by atoms with Crippen LogP contribution in [0, 0.1) is 0 Å². The molecule has 0 amide bonds. The minimum atomic E-state index is -0.830. The first-order valence-electron chi connectivity index (χ1n) is 7.69. The molecule has 2 unspecified atom stereocenters. The Kier molecular flexibility index (Phi) is 3.60. The molecule has 1 fully saturated rings. The molecule has 7 nitrogen and oxygen atoms in total. The van der Waals surface area contributed by atoms with Gasteiger partial charge in [-0.2, -0.15) is 0 Å². The number of hydrazine groups is 1. The third-order valence-corrected chi connectivity index (χ3v) is 5.79. The van der Waals surface area contributed by atoms with Crippen LogP contribution in [-0.4, -0.2) is 45.2 Å². The number of carbonyl (C=O) groups is 1. The zero-order valence-corrected chi connectivity index (χ0v) is 13.9. The first-order chi connectivity index (χ1) is 11.5. The molecule has 1 saturated heterocycles. The predicted octanol–water partition coefficient (Wildman–Crippen LogP) is 1.80. The second-order valence-electron chi connectivity index (χ2n) is 6.03. The molecular weight excluding hydrogens is 326 g/mol. The normalized spacial score (nSPS) is 21.7. The monoisotopic (exact) mass is 343 g/mol. The molecule has 8 heteroatoms. The smallest absolute Gasteiger partial charge is 0.319 e. The maximum atomic E-state index is 10.9. The number of nitrogen functional groups attached to an aromatic ring is 1. The quantitative estimate of drug-likeness (QED) is 0.666. The summed E-state index contributed by atoms with van der Waals surface area (Å²) in [6.45, 7) is 2.77. The van der Waals surface area contributed by atoms with Crippen molar-refractivity contribution in [2.45, 2.75) is 18.9 Å². The standard InChI is InChI=1S/C16H17N5O2S/c1-8-11(5-20-21(8)6-13(22)23)9-2-3-10-12(4-9)24-15-14(10)18-7-19-16(15)17/h2-4,7-8,11,20H,5-6H2,1H3,(H,22,23)(H2,17,18,19). The minimum Gasteiger partial charge on any atom is -0.480 e. The molecule has 24 heavy (non-hydrogen) atoms. The lowest BCUT2D eigenvalue weighted by Crippen LogP contribution is -2.40. The highest BCUT2D eigenvalue weighted by atomic mass is 32.1. The molecule has 4 N–H and O–H groups in total. The number of carboxylic acids is 1. The number of anilines is 1. The predicted molar refractivity (Wildman–Crippen MR) is 93.9 cm³/mol. The average Bonchev–Trinajstić information content (AvgIpc) is 3.09. The Labute approximate surface area is 142 Å². The summed E-state index contributed by atoms with van der Waals surface area (Å²) in [6, 6.07) is 6.44. The summed E-state index contributed by atoms with van der Waals surface area (Å²) >= 11 is 1.60. The topological polar surface area (TPSA) is 104 Å². The zero-order chi connectivity index (χ0) is 16.8. The van der Waals surface area contributed by atoms with Gasteiger partial charge in [-0.25, -0.2) is 15.0 Å². The number of hydrogen-bond donors (Lipinski definition) is 3. The van der Waals surface area contributed by atoms with E-state index in [0.29, 0.717) is 5.82 Å². The Morgan fingerprint density at radius 2 is 2.33 bits per heavy atom. The summed E-state index contributed by atoms with van der Waals surface area (Å²) in [4.78, 5) is 19.4. The molecule has 3 heterocycles. The van der Waals surface area contributed by atoms with Crippen LogP contribution >= 0.6 is 11.3 Å². The van der Waals surface area contributed by atoms with Crippen molar-refractivity contribution in [1.82, 2.24) is 20.4 Å². The van der Waals surface area contributed by atoms with Gasteiger partial charge in [-0.3, -0.25) is 10.2 Å². The number of aromatic nitrogens is 2. The van der Waals surface area contributed by atoms with Crippen molar-refractivity contribution in [3.05, 3.63) is 30.1 Å². The molecule has 0 spiro atoms. The average molecular weight is 343 g/mol. The Hall–Kier alpha value is -2.29. The molecule has 1 aromatic carbocycles. The fourth-order valence-corrected chi connectivity index (χ4v) is 4.43. The summed E-state index contributed by atoms with van der Waals surface area (Å²) in [5, 5.41) is 11.9. The third-order valence-electron chi connectivity index (χ3n) is 4.63. The van der Waals surface area contributed by atoms with Gasteiger partial charge in [-0.15, -0.1) is 11.3 Å². The molecule has 124 valence electrons. The van der Waals surface area contributed by atoms with Gasteiger partial charge in [0, 0.05) is 28.6 Å². The van der Waals surface area contributed by atoms with Crippen LogP contribution in [0.3, 0.4) is 0 Å². The first kappa shape index (κ1) is 15.3. The number of thiophene rings is 1. The molecular formula is C16H17N5O2S. The van der Waals surface area contributed by atoms with Gasteiger partial charge < -0.3 is 10.8 Å². The number of carboxylic acid groups (broad SMARTS) is 1. The number of benzene rings is 1. The van der Waals surface area contributed by atoms with E-state index in [9.17, 15) is 4.79 Å². The van der Waals surface area contributed by atoms with Gasteiger partial charge in [0.15, 0.2) is 0 Å². The highest BCUT2D eigenvalue weighted by molar-refractivity contribution is 7.26. The van der Waals surface area contributed by atoms with Crippen LogP contribution < -0.4 is 11.2 Å². The fourth-order valence-electron chi connectivity index (χ4n) is 3.33. The highest BCUT2D eigenvalue weighted by Crippen LogP contribution is 2.37. The Balaban J connectivity index is 1.72. The van der Waals surface area contributed by atoms with Gasteiger partial charge in [0.05, 0.1) is 10.2 Å². The van der Waals surface area contributed by atoms with Crippen LogP contribution in [-0.2, 0) is 4.79 Å². The van der Waals surface area contributed by atoms with Gasteiger partial charge in [-0.05, 0) is 18.6 Å². The molecule has 2 aromatic heterocycles. The molecule has 1 aliphatic heterocycles. The summed E-state index contributed by atoms with van der Waals surface area (Å²) in [5.74, 6) is -0.0855. The number of nitrogens with zero attached hydrogens (tertiary/aromatic N) is 3. The molecule has 0 radical (unpaired) electrons. The van der Waals surface area contributed by atoms with Gasteiger partial charge in [0.1, 0.15) is 18.7 Å². The summed E-state index contributed by atoms with van der Waals surface area (Å²) in [6.07, 6.45) is 1.49. The van der Waals surface area contributed by atoms with E-state index < -0.39 is 5.97 Å². The van der Waals surface area contributed by atoms with Crippen molar-refractivity contribution in [3.63, 3.8) is 0 Å². The second kappa shape index (κ2) is 5.66. The minimum absolute atomic E-state index is 0.00504. The second-order valence-corrected chi connectivity index (χ2v) is 7.08. The first-order valence-corrected chi connectivity index (χ1v) is 8.51. The maximum Gasteiger partial charge on any atom is 0.319 e. The molecule has 0 bridgehead atoms. The largest absolute Gasteiger partial charge is 0.480 e. The van der Waals surface area contributed by atoms with E-state index in [1.807, 2.05) is 6.92 Å². The van der Waals surface area contributed by atoms with Crippen molar-refractivity contribution < 1.29 is 9.90 Å². The zero-order valence-electron chi connectivity index (χ0n) is 13.1. The molecule has 3 aromatic rings. The van der Waals surface area contributed by atoms with Crippen LogP contribution in [0.1, 0.15) is 18.4 Å². The van der Waals surface area contributed by atoms with Crippen molar-refractivity contribution >= 4 is 43.4 Å². The lowest BCUT2D eigenvalue weighted by molar-refractivity contribution is -0.139.